The van der Waals surface area contributed by atoms with Gasteiger partial charge in [-0.1, -0.05) is 19.1 Å². The third-order valence-electron chi connectivity index (χ3n) is 2.36. The Morgan fingerprint density at radius 2 is 2.11 bits per heavy atom. The lowest BCUT2D eigenvalue weighted by atomic mass is 10.2. The van der Waals surface area contributed by atoms with Crippen molar-refractivity contribution < 1.29 is 14.3 Å². The highest BCUT2D eigenvalue weighted by Gasteiger charge is 2.21. The van der Waals surface area contributed by atoms with Gasteiger partial charge in [0.1, 0.15) is 5.75 Å². The van der Waals surface area contributed by atoms with Crippen LogP contribution in [0, 0.1) is 5.41 Å². The number of amidine groups is 1. The Bertz CT molecular complexity index is 564. The van der Waals surface area contributed by atoms with E-state index in [1.165, 1.54) is 0 Å². The summed E-state index contributed by atoms with van der Waals surface area (Å²) in [4.78, 5) is 23.0. The maximum absolute atomic E-state index is 11.4. The standard InChI is InChI=1S/C13H12N2O3S/c1-2-11(16)18-9-5-3-8(4-6-9)7-10-12(17)15-13(14)19-10/h3-7H,2H2,1H3,(H2,14,15,17). The molecule has 2 rings (SSSR count). The van der Waals surface area contributed by atoms with Gasteiger partial charge in [-0.2, -0.15) is 0 Å². The van der Waals surface area contributed by atoms with Crippen molar-refractivity contribution in [2.45, 2.75) is 13.3 Å². The Morgan fingerprint density at radius 1 is 1.42 bits per heavy atom. The molecule has 0 atom stereocenters. The Hall–Kier alpha value is -2.08. The van der Waals surface area contributed by atoms with Crippen molar-refractivity contribution in [1.82, 2.24) is 5.32 Å². The van der Waals surface area contributed by atoms with Crippen LogP contribution in [0.3, 0.4) is 0 Å². The molecule has 2 N–H and O–H groups in total. The molecule has 1 aliphatic rings. The van der Waals surface area contributed by atoms with E-state index in [0.29, 0.717) is 17.1 Å². The van der Waals surface area contributed by atoms with Crippen molar-refractivity contribution in [1.29, 1.82) is 5.41 Å². The minimum absolute atomic E-state index is 0.129. The first-order valence-electron chi connectivity index (χ1n) is 5.68. The van der Waals surface area contributed by atoms with E-state index in [1.54, 1.807) is 37.3 Å². The van der Waals surface area contributed by atoms with Crippen molar-refractivity contribution in [3.05, 3.63) is 34.7 Å². The topological polar surface area (TPSA) is 79.2 Å². The van der Waals surface area contributed by atoms with E-state index >= 15 is 0 Å². The van der Waals surface area contributed by atoms with Crippen LogP contribution in [0.5, 0.6) is 5.75 Å². The third kappa shape index (κ3) is 3.45. The van der Waals surface area contributed by atoms with Gasteiger partial charge in [0.15, 0.2) is 5.17 Å². The molecule has 1 heterocycles. The summed E-state index contributed by atoms with van der Waals surface area (Å²) in [6, 6.07) is 6.84. The second-order valence-corrected chi connectivity index (χ2v) is 4.84. The summed E-state index contributed by atoms with van der Waals surface area (Å²) in [5.74, 6) is -0.0768. The van der Waals surface area contributed by atoms with Crippen LogP contribution in [-0.4, -0.2) is 17.0 Å². The predicted molar refractivity (Wildman–Crippen MR) is 73.8 cm³/mol. The number of rotatable bonds is 3. The first-order valence-corrected chi connectivity index (χ1v) is 6.50. The molecule has 1 aromatic carbocycles. The molecule has 98 valence electrons. The Labute approximate surface area is 114 Å². The van der Waals surface area contributed by atoms with Gasteiger partial charge in [0.05, 0.1) is 4.91 Å². The maximum atomic E-state index is 11.4. The highest BCUT2D eigenvalue weighted by atomic mass is 32.2. The number of nitrogens with one attached hydrogen (secondary N) is 2. The van der Waals surface area contributed by atoms with Gasteiger partial charge in [-0.25, -0.2) is 0 Å². The number of hydrogen-bond donors (Lipinski definition) is 2. The van der Waals surface area contributed by atoms with Crippen LogP contribution < -0.4 is 10.1 Å². The normalized spacial score (nSPS) is 16.6. The quantitative estimate of drug-likeness (QED) is 0.503. The van der Waals surface area contributed by atoms with Gasteiger partial charge >= 0.3 is 5.97 Å². The van der Waals surface area contributed by atoms with Gasteiger partial charge in [-0.15, -0.1) is 0 Å². The fourth-order valence-electron chi connectivity index (χ4n) is 1.43. The molecule has 1 aromatic rings. The lowest BCUT2D eigenvalue weighted by molar-refractivity contribution is -0.134. The molecule has 0 radical (unpaired) electrons. The van der Waals surface area contributed by atoms with Gasteiger partial charge in [0.2, 0.25) is 0 Å². The molecule has 1 saturated heterocycles. The number of thioether (sulfide) groups is 1. The zero-order valence-electron chi connectivity index (χ0n) is 10.2. The van der Waals surface area contributed by atoms with Crippen molar-refractivity contribution in [2.75, 3.05) is 0 Å². The second-order valence-electron chi connectivity index (χ2n) is 3.79. The minimum Gasteiger partial charge on any atom is -0.427 e. The predicted octanol–water partition coefficient (Wildman–Crippen LogP) is 2.14. The van der Waals surface area contributed by atoms with Gasteiger partial charge in [-0.05, 0) is 35.5 Å². The van der Waals surface area contributed by atoms with E-state index in [9.17, 15) is 9.59 Å². The SMILES string of the molecule is CCC(=O)Oc1ccc(C=C2SC(=N)NC2=O)cc1. The monoisotopic (exact) mass is 276 g/mol. The van der Waals surface area contributed by atoms with E-state index in [-0.39, 0.29) is 17.0 Å². The van der Waals surface area contributed by atoms with Crippen molar-refractivity contribution >= 4 is 34.9 Å². The number of hydrogen-bond acceptors (Lipinski definition) is 5. The molecular weight excluding hydrogens is 264 g/mol. The first-order chi connectivity index (χ1) is 9.08. The van der Waals surface area contributed by atoms with Gasteiger partial charge in [0.25, 0.3) is 5.91 Å². The van der Waals surface area contributed by atoms with E-state index in [4.69, 9.17) is 10.1 Å². The van der Waals surface area contributed by atoms with E-state index < -0.39 is 0 Å². The Morgan fingerprint density at radius 3 is 2.63 bits per heavy atom. The van der Waals surface area contributed by atoms with Crippen molar-refractivity contribution in [3.8, 4) is 5.75 Å². The van der Waals surface area contributed by atoms with Crippen LogP contribution in [0.15, 0.2) is 29.2 Å². The molecular formula is C13H12N2O3S. The number of esters is 1. The van der Waals surface area contributed by atoms with Crippen LogP contribution in [0.2, 0.25) is 0 Å². The van der Waals surface area contributed by atoms with Gasteiger partial charge in [0, 0.05) is 6.42 Å². The van der Waals surface area contributed by atoms with E-state index in [1.807, 2.05) is 0 Å². The van der Waals surface area contributed by atoms with Crippen molar-refractivity contribution in [3.63, 3.8) is 0 Å². The van der Waals surface area contributed by atoms with Crippen LogP contribution in [0.25, 0.3) is 6.08 Å². The summed E-state index contributed by atoms with van der Waals surface area (Å²) in [5, 5.41) is 9.87. The third-order valence-corrected chi connectivity index (χ3v) is 3.19. The maximum Gasteiger partial charge on any atom is 0.310 e. The van der Waals surface area contributed by atoms with E-state index in [2.05, 4.69) is 5.32 Å². The Kier molecular flexibility index (Phi) is 4.01. The summed E-state index contributed by atoms with van der Waals surface area (Å²) < 4.78 is 5.05. The lowest BCUT2D eigenvalue weighted by Crippen LogP contribution is -2.18. The molecule has 0 unspecified atom stereocenters. The summed E-state index contributed by atoms with van der Waals surface area (Å²) in [7, 11) is 0. The molecule has 0 aromatic heterocycles. The smallest absolute Gasteiger partial charge is 0.310 e. The number of amides is 1. The minimum atomic E-state index is -0.287. The number of carbonyl (C=O) groups excluding carboxylic acids is 2. The fraction of sp³-hybridized carbons (Fsp3) is 0.154. The van der Waals surface area contributed by atoms with Crippen LogP contribution in [-0.2, 0) is 9.59 Å². The Balaban J connectivity index is 2.11. The number of ether oxygens (including phenoxy) is 1. The summed E-state index contributed by atoms with van der Waals surface area (Å²) in [5.41, 5.74) is 0.809. The molecule has 0 aliphatic carbocycles. The zero-order valence-corrected chi connectivity index (χ0v) is 11.0. The molecule has 19 heavy (non-hydrogen) atoms. The highest BCUT2D eigenvalue weighted by Crippen LogP contribution is 2.25. The zero-order chi connectivity index (χ0) is 13.8. The average molecular weight is 276 g/mol. The van der Waals surface area contributed by atoms with Crippen molar-refractivity contribution in [2.24, 2.45) is 0 Å². The molecule has 0 saturated carbocycles. The molecule has 1 aliphatic heterocycles. The average Bonchev–Trinajstić information content (AvgIpc) is 2.70. The van der Waals surface area contributed by atoms with Gasteiger partial charge < -0.3 is 10.1 Å². The summed E-state index contributed by atoms with van der Waals surface area (Å²) in [6.45, 7) is 1.73. The summed E-state index contributed by atoms with van der Waals surface area (Å²) in [6.07, 6.45) is 2.01. The van der Waals surface area contributed by atoms with Crippen LogP contribution in [0.4, 0.5) is 0 Å². The molecule has 5 nitrogen and oxygen atoms in total. The largest absolute Gasteiger partial charge is 0.427 e. The number of benzene rings is 1. The van der Waals surface area contributed by atoms with E-state index in [0.717, 1.165) is 17.3 Å². The molecule has 0 spiro atoms. The second kappa shape index (κ2) is 5.71. The molecule has 0 bridgehead atoms. The molecule has 1 amide bonds. The fourth-order valence-corrected chi connectivity index (χ4v) is 2.13. The molecule has 1 fully saturated rings. The van der Waals surface area contributed by atoms with Crippen LogP contribution >= 0.6 is 11.8 Å². The number of carbonyl (C=O) groups is 2. The lowest BCUT2D eigenvalue weighted by Gasteiger charge is -2.02. The first kappa shape index (κ1) is 13.4. The van der Waals surface area contributed by atoms with Crippen LogP contribution in [0.1, 0.15) is 18.9 Å². The highest BCUT2D eigenvalue weighted by molar-refractivity contribution is 8.18. The molecule has 6 heteroatoms. The summed E-state index contributed by atoms with van der Waals surface area (Å²) >= 11 is 1.09. The van der Waals surface area contributed by atoms with Gasteiger partial charge in [-0.3, -0.25) is 15.0 Å².